The fourth-order valence-electron chi connectivity index (χ4n) is 2.85. The normalized spacial score (nSPS) is 10.6. The zero-order valence-corrected chi connectivity index (χ0v) is 16.8. The molecule has 152 valence electrons. The number of nitrogens with one attached hydrogen (secondary N) is 2. The highest BCUT2D eigenvalue weighted by atomic mass is 16.5. The van der Waals surface area contributed by atoms with Crippen molar-refractivity contribution in [3.63, 3.8) is 0 Å². The maximum absolute atomic E-state index is 12.1. The summed E-state index contributed by atoms with van der Waals surface area (Å²) in [6.45, 7) is 7.52. The van der Waals surface area contributed by atoms with Gasteiger partial charge in [0.1, 0.15) is 29.6 Å². The summed E-state index contributed by atoms with van der Waals surface area (Å²) in [7, 11) is 0. The molecule has 1 aromatic carbocycles. The maximum Gasteiger partial charge on any atom is 0.273 e. The Morgan fingerprint density at radius 3 is 2.34 bits per heavy atom. The van der Waals surface area contributed by atoms with E-state index >= 15 is 0 Å². The Labute approximate surface area is 168 Å². The highest BCUT2D eigenvalue weighted by Gasteiger charge is 2.14. The van der Waals surface area contributed by atoms with Crippen LogP contribution in [0.4, 0.5) is 0 Å². The lowest BCUT2D eigenvalue weighted by Gasteiger charge is -2.08. The monoisotopic (exact) mass is 397 g/mol. The molecule has 0 unspecified atom stereocenters. The van der Waals surface area contributed by atoms with E-state index in [9.17, 15) is 9.59 Å². The Bertz CT molecular complexity index is 998. The lowest BCUT2D eigenvalue weighted by Crippen LogP contribution is -2.42. The van der Waals surface area contributed by atoms with Crippen LogP contribution in [-0.2, 0) is 17.8 Å². The Balaban J connectivity index is 1.48. The van der Waals surface area contributed by atoms with E-state index in [1.165, 1.54) is 0 Å². The van der Waals surface area contributed by atoms with Crippen molar-refractivity contribution < 1.29 is 23.3 Å². The lowest BCUT2D eigenvalue weighted by atomic mass is 10.1. The third-order valence-corrected chi connectivity index (χ3v) is 4.45. The minimum atomic E-state index is -0.421. The van der Waals surface area contributed by atoms with Crippen molar-refractivity contribution in [1.29, 1.82) is 0 Å². The van der Waals surface area contributed by atoms with E-state index in [0.717, 1.165) is 22.6 Å². The average Bonchev–Trinajstić information content (AvgIpc) is 3.20. The molecule has 0 saturated heterocycles. The number of nitrogens with zero attached hydrogens (tertiary/aromatic N) is 1. The molecule has 29 heavy (non-hydrogen) atoms. The molecule has 3 aromatic rings. The minimum Gasteiger partial charge on any atom is -0.489 e. The largest absolute Gasteiger partial charge is 0.489 e. The van der Waals surface area contributed by atoms with Gasteiger partial charge in [0.25, 0.3) is 5.91 Å². The van der Waals surface area contributed by atoms with Crippen molar-refractivity contribution in [3.8, 4) is 5.75 Å². The van der Waals surface area contributed by atoms with Crippen molar-refractivity contribution >= 4 is 11.8 Å². The van der Waals surface area contributed by atoms with Crippen LogP contribution in [0.2, 0.25) is 0 Å². The van der Waals surface area contributed by atoms with E-state index in [0.29, 0.717) is 29.4 Å². The summed E-state index contributed by atoms with van der Waals surface area (Å²) in [6.07, 6.45) is 0.119. The third-order valence-electron chi connectivity index (χ3n) is 4.45. The van der Waals surface area contributed by atoms with Gasteiger partial charge in [-0.25, -0.2) is 0 Å². The van der Waals surface area contributed by atoms with Gasteiger partial charge >= 0.3 is 0 Å². The Hall–Kier alpha value is -3.55. The smallest absolute Gasteiger partial charge is 0.273 e. The number of rotatable bonds is 6. The number of ether oxygens (including phenoxy) is 1. The van der Waals surface area contributed by atoms with Crippen molar-refractivity contribution in [3.05, 3.63) is 70.0 Å². The fourth-order valence-corrected chi connectivity index (χ4v) is 2.85. The van der Waals surface area contributed by atoms with Crippen LogP contribution >= 0.6 is 0 Å². The summed E-state index contributed by atoms with van der Waals surface area (Å²) in [4.78, 5) is 24.2. The Kier molecular flexibility index (Phi) is 6.01. The summed E-state index contributed by atoms with van der Waals surface area (Å²) in [5.74, 6) is 1.79. The molecule has 8 heteroatoms. The minimum absolute atomic E-state index is 0.119. The van der Waals surface area contributed by atoms with Crippen molar-refractivity contribution in [2.24, 2.45) is 0 Å². The third kappa shape index (κ3) is 5.04. The first-order valence-electron chi connectivity index (χ1n) is 9.13. The molecule has 0 aliphatic heterocycles. The Morgan fingerprint density at radius 1 is 1.03 bits per heavy atom. The van der Waals surface area contributed by atoms with Gasteiger partial charge in [-0.05, 0) is 51.5 Å². The van der Waals surface area contributed by atoms with Crippen LogP contribution in [0, 0.1) is 27.7 Å². The van der Waals surface area contributed by atoms with Crippen LogP contribution in [-0.4, -0.2) is 17.0 Å². The van der Waals surface area contributed by atoms with Gasteiger partial charge < -0.3 is 13.7 Å². The molecule has 0 radical (unpaired) electrons. The number of benzene rings is 1. The summed E-state index contributed by atoms with van der Waals surface area (Å²) in [5.41, 5.74) is 7.71. The number of aromatic nitrogens is 1. The van der Waals surface area contributed by atoms with Crippen molar-refractivity contribution in [2.75, 3.05) is 0 Å². The predicted octanol–water partition coefficient (Wildman–Crippen LogP) is 3.08. The number of aryl methyl sites for hydroxylation is 4. The molecule has 2 aromatic heterocycles. The van der Waals surface area contributed by atoms with Gasteiger partial charge in [-0.2, -0.15) is 0 Å². The molecular formula is C21H23N3O5. The van der Waals surface area contributed by atoms with Crippen LogP contribution in [0.15, 0.2) is 39.3 Å². The molecule has 2 N–H and O–H groups in total. The van der Waals surface area contributed by atoms with Gasteiger partial charge in [-0.1, -0.05) is 17.3 Å². The SMILES string of the molecule is Cc1cc(C(=O)NNC(=O)Cc2ccc(OCc3c(C)noc3C)cc2)c(C)o1. The molecule has 0 aliphatic rings. The second kappa shape index (κ2) is 8.64. The standard InChI is InChI=1S/C21H23N3O5/c1-12-9-18(14(3)28-12)21(26)23-22-20(25)10-16-5-7-17(8-6-16)27-11-19-13(2)24-29-15(19)4/h5-9H,10-11H2,1-4H3,(H,22,25)(H,23,26). The van der Waals surface area contributed by atoms with Crippen LogP contribution in [0.5, 0.6) is 5.75 Å². The predicted molar refractivity (Wildman–Crippen MR) is 104 cm³/mol. The first-order chi connectivity index (χ1) is 13.8. The molecule has 0 bridgehead atoms. The van der Waals surface area contributed by atoms with Crippen LogP contribution in [0.1, 0.15) is 44.5 Å². The number of amides is 2. The summed E-state index contributed by atoms with van der Waals surface area (Å²) in [5, 5.41) is 3.90. The second-order valence-corrected chi connectivity index (χ2v) is 6.74. The summed E-state index contributed by atoms with van der Waals surface area (Å²) in [6, 6.07) is 8.80. The lowest BCUT2D eigenvalue weighted by molar-refractivity contribution is -0.121. The summed E-state index contributed by atoms with van der Waals surface area (Å²) < 4.78 is 16.2. The number of furan rings is 1. The molecule has 0 spiro atoms. The van der Waals surface area contributed by atoms with Crippen molar-refractivity contribution in [1.82, 2.24) is 16.0 Å². The topological polar surface area (TPSA) is 107 Å². The van der Waals surface area contributed by atoms with E-state index in [-0.39, 0.29) is 12.3 Å². The molecule has 0 saturated carbocycles. The van der Waals surface area contributed by atoms with E-state index in [1.54, 1.807) is 44.2 Å². The number of hydrazine groups is 1. The maximum atomic E-state index is 12.1. The molecule has 8 nitrogen and oxygen atoms in total. The van der Waals surface area contributed by atoms with Crippen LogP contribution in [0.25, 0.3) is 0 Å². The van der Waals surface area contributed by atoms with Gasteiger partial charge in [0.05, 0.1) is 23.2 Å². The van der Waals surface area contributed by atoms with Crippen molar-refractivity contribution in [2.45, 2.75) is 40.7 Å². The number of carbonyl (C=O) groups excluding carboxylic acids is 2. The van der Waals surface area contributed by atoms with Gasteiger partial charge in [0.2, 0.25) is 5.91 Å². The molecule has 2 amide bonds. The second-order valence-electron chi connectivity index (χ2n) is 6.74. The van der Waals surface area contributed by atoms with E-state index < -0.39 is 5.91 Å². The number of hydrogen-bond acceptors (Lipinski definition) is 6. The van der Waals surface area contributed by atoms with E-state index in [2.05, 4.69) is 16.0 Å². The molecule has 2 heterocycles. The van der Waals surface area contributed by atoms with Gasteiger partial charge in [-0.3, -0.25) is 20.4 Å². The molecular weight excluding hydrogens is 374 g/mol. The average molecular weight is 397 g/mol. The molecule has 0 atom stereocenters. The molecule has 3 rings (SSSR count). The highest BCUT2D eigenvalue weighted by Crippen LogP contribution is 2.18. The fraction of sp³-hybridized carbons (Fsp3) is 0.286. The first-order valence-corrected chi connectivity index (χ1v) is 9.13. The van der Waals surface area contributed by atoms with Gasteiger partial charge in [0.15, 0.2) is 0 Å². The van der Waals surface area contributed by atoms with Gasteiger partial charge in [-0.15, -0.1) is 0 Å². The quantitative estimate of drug-likeness (QED) is 0.619. The van der Waals surface area contributed by atoms with Crippen LogP contribution < -0.4 is 15.6 Å². The van der Waals surface area contributed by atoms with E-state index in [1.807, 2.05) is 13.8 Å². The first kappa shape index (κ1) is 20.2. The zero-order valence-electron chi connectivity index (χ0n) is 16.8. The Morgan fingerprint density at radius 2 is 1.76 bits per heavy atom. The number of hydrogen-bond donors (Lipinski definition) is 2. The van der Waals surface area contributed by atoms with Gasteiger partial charge in [0, 0.05) is 0 Å². The summed E-state index contributed by atoms with van der Waals surface area (Å²) >= 11 is 0. The number of carbonyl (C=O) groups is 2. The van der Waals surface area contributed by atoms with Crippen LogP contribution in [0.3, 0.4) is 0 Å². The zero-order chi connectivity index (χ0) is 21.0. The highest BCUT2D eigenvalue weighted by molar-refractivity contribution is 5.96. The molecule has 0 aliphatic carbocycles. The molecule has 0 fully saturated rings. The van der Waals surface area contributed by atoms with E-state index in [4.69, 9.17) is 13.7 Å².